The van der Waals surface area contributed by atoms with Gasteiger partial charge in [-0.25, -0.2) is 0 Å². The molecule has 58 valence electrons. The molecule has 0 radical (unpaired) electrons. The van der Waals surface area contributed by atoms with Gasteiger partial charge in [-0.1, -0.05) is 6.08 Å². The summed E-state index contributed by atoms with van der Waals surface area (Å²) < 4.78 is 0. The molecule has 0 aromatic carbocycles. The number of rotatable bonds is 3. The van der Waals surface area contributed by atoms with Gasteiger partial charge in [0.25, 0.3) is 0 Å². The van der Waals surface area contributed by atoms with E-state index in [9.17, 15) is 0 Å². The number of hydrogen-bond donors (Lipinski definition) is 1. The zero-order chi connectivity index (χ0) is 7.98. The third-order valence-electron chi connectivity index (χ3n) is 1.03. The van der Waals surface area contributed by atoms with Gasteiger partial charge in [0.15, 0.2) is 0 Å². The lowest BCUT2D eigenvalue weighted by atomic mass is 10.4. The van der Waals surface area contributed by atoms with Crippen molar-refractivity contribution in [1.29, 1.82) is 0 Å². The van der Waals surface area contributed by atoms with Crippen LogP contribution in [0.4, 0.5) is 0 Å². The van der Waals surface area contributed by atoms with Crippen LogP contribution in [0.1, 0.15) is 6.92 Å². The van der Waals surface area contributed by atoms with Gasteiger partial charge in [-0.3, -0.25) is 0 Å². The summed E-state index contributed by atoms with van der Waals surface area (Å²) in [7, 11) is 5.91. The van der Waals surface area contributed by atoms with Crippen molar-refractivity contribution in [2.75, 3.05) is 21.1 Å². The predicted octanol–water partition coefficient (Wildman–Crippen LogP) is 1.18. The highest BCUT2D eigenvalue weighted by molar-refractivity contribution is 5.14. The minimum atomic E-state index is 1.12. The van der Waals surface area contributed by atoms with Gasteiger partial charge >= 0.3 is 0 Å². The topological polar surface area (TPSA) is 15.3 Å². The largest absolute Gasteiger partial charge is 0.387 e. The van der Waals surface area contributed by atoms with E-state index < -0.39 is 0 Å². The molecule has 0 aliphatic rings. The van der Waals surface area contributed by atoms with Crippen LogP contribution in [-0.4, -0.2) is 26.0 Å². The maximum Gasteiger partial charge on any atom is 0.0495 e. The molecule has 0 unspecified atom stereocenters. The lowest BCUT2D eigenvalue weighted by Gasteiger charge is -2.07. The molecule has 10 heavy (non-hydrogen) atoms. The molecular weight excluding hydrogens is 124 g/mol. The predicted molar refractivity (Wildman–Crippen MR) is 45.6 cm³/mol. The van der Waals surface area contributed by atoms with Crippen molar-refractivity contribution in [3.63, 3.8) is 0 Å². The summed E-state index contributed by atoms with van der Waals surface area (Å²) in [6.45, 7) is 2.00. The summed E-state index contributed by atoms with van der Waals surface area (Å²) in [5.41, 5.74) is 1.12. The molecule has 0 aromatic rings. The van der Waals surface area contributed by atoms with Gasteiger partial charge in [-0.2, -0.15) is 0 Å². The normalized spacial score (nSPS) is 12.2. The van der Waals surface area contributed by atoms with Crippen molar-refractivity contribution in [3.05, 3.63) is 24.0 Å². The monoisotopic (exact) mass is 140 g/mol. The second kappa shape index (κ2) is 4.91. The molecule has 0 saturated carbocycles. The van der Waals surface area contributed by atoms with Crippen molar-refractivity contribution in [1.82, 2.24) is 10.2 Å². The highest BCUT2D eigenvalue weighted by Crippen LogP contribution is 1.91. The zero-order valence-electron chi connectivity index (χ0n) is 7.18. The highest BCUT2D eigenvalue weighted by Gasteiger charge is 1.84. The first-order valence-electron chi connectivity index (χ1n) is 3.39. The average Bonchev–Trinajstić information content (AvgIpc) is 1.86. The Labute approximate surface area is 63.2 Å². The van der Waals surface area contributed by atoms with Gasteiger partial charge in [0.2, 0.25) is 0 Å². The van der Waals surface area contributed by atoms with E-state index in [0.717, 1.165) is 5.70 Å². The van der Waals surface area contributed by atoms with Crippen molar-refractivity contribution >= 4 is 0 Å². The first kappa shape index (κ1) is 9.08. The number of likely N-dealkylation sites (N-methyl/N-ethyl adjacent to an activating group) is 1. The third-order valence-corrected chi connectivity index (χ3v) is 1.03. The molecule has 0 amide bonds. The molecule has 0 fully saturated rings. The standard InChI is InChI=1S/C8H16N2/c1-5-6-8(9-2)7-10(3)4/h5-7,9H,1-4H3/b6-5-,8-7+. The Kier molecular flexibility index (Phi) is 4.46. The molecule has 0 bridgehead atoms. The van der Waals surface area contributed by atoms with Crippen molar-refractivity contribution < 1.29 is 0 Å². The van der Waals surface area contributed by atoms with Crippen LogP contribution in [0.2, 0.25) is 0 Å². The molecule has 0 aliphatic carbocycles. The van der Waals surface area contributed by atoms with Crippen molar-refractivity contribution in [3.8, 4) is 0 Å². The summed E-state index contributed by atoms with van der Waals surface area (Å²) in [5.74, 6) is 0. The number of nitrogens with zero attached hydrogens (tertiary/aromatic N) is 1. The first-order valence-corrected chi connectivity index (χ1v) is 3.39. The Morgan fingerprint density at radius 3 is 2.30 bits per heavy atom. The molecule has 2 nitrogen and oxygen atoms in total. The van der Waals surface area contributed by atoms with E-state index in [1.54, 1.807) is 0 Å². The summed E-state index contributed by atoms with van der Waals surface area (Å²) in [4.78, 5) is 2.01. The highest BCUT2D eigenvalue weighted by atomic mass is 15.0. The first-order chi connectivity index (χ1) is 4.70. The quantitative estimate of drug-likeness (QED) is 0.592. The van der Waals surface area contributed by atoms with Crippen LogP contribution in [0, 0.1) is 0 Å². The van der Waals surface area contributed by atoms with E-state index in [-0.39, 0.29) is 0 Å². The molecule has 0 aromatic heterocycles. The van der Waals surface area contributed by atoms with E-state index in [4.69, 9.17) is 0 Å². The molecule has 0 saturated heterocycles. The maximum atomic E-state index is 3.07. The third kappa shape index (κ3) is 4.01. The van der Waals surface area contributed by atoms with Crippen LogP contribution in [0.15, 0.2) is 24.0 Å². The van der Waals surface area contributed by atoms with Crippen LogP contribution < -0.4 is 5.32 Å². The van der Waals surface area contributed by atoms with E-state index in [2.05, 4.69) is 5.32 Å². The number of allylic oxidation sites excluding steroid dienone is 2. The van der Waals surface area contributed by atoms with Crippen LogP contribution in [-0.2, 0) is 0 Å². The second-order valence-electron chi connectivity index (χ2n) is 2.30. The lowest BCUT2D eigenvalue weighted by molar-refractivity contribution is 0.555. The van der Waals surface area contributed by atoms with Gasteiger partial charge in [0.05, 0.1) is 0 Å². The molecule has 0 rings (SSSR count). The van der Waals surface area contributed by atoms with Crippen LogP contribution in [0.5, 0.6) is 0 Å². The Bertz CT molecular complexity index is 134. The molecule has 0 aliphatic heterocycles. The van der Waals surface area contributed by atoms with Gasteiger partial charge in [0, 0.05) is 33.0 Å². The van der Waals surface area contributed by atoms with Crippen LogP contribution in [0.3, 0.4) is 0 Å². The van der Waals surface area contributed by atoms with E-state index in [1.807, 2.05) is 51.3 Å². The van der Waals surface area contributed by atoms with Gasteiger partial charge in [-0.15, -0.1) is 0 Å². The van der Waals surface area contributed by atoms with Gasteiger partial charge < -0.3 is 10.2 Å². The Hall–Kier alpha value is -0.920. The summed E-state index contributed by atoms with van der Waals surface area (Å²) in [5, 5.41) is 3.07. The summed E-state index contributed by atoms with van der Waals surface area (Å²) in [6, 6.07) is 0. The minimum Gasteiger partial charge on any atom is -0.387 e. The average molecular weight is 140 g/mol. The number of hydrogen-bond acceptors (Lipinski definition) is 2. The zero-order valence-corrected chi connectivity index (χ0v) is 7.18. The van der Waals surface area contributed by atoms with E-state index in [1.165, 1.54) is 0 Å². The van der Waals surface area contributed by atoms with Crippen molar-refractivity contribution in [2.24, 2.45) is 0 Å². The van der Waals surface area contributed by atoms with E-state index >= 15 is 0 Å². The smallest absolute Gasteiger partial charge is 0.0495 e. The van der Waals surface area contributed by atoms with Gasteiger partial charge in [0.1, 0.15) is 0 Å². The van der Waals surface area contributed by atoms with Gasteiger partial charge in [-0.05, 0) is 13.0 Å². The second-order valence-corrected chi connectivity index (χ2v) is 2.30. The fourth-order valence-corrected chi connectivity index (χ4v) is 0.649. The molecule has 1 N–H and O–H groups in total. The lowest BCUT2D eigenvalue weighted by Crippen LogP contribution is -2.09. The van der Waals surface area contributed by atoms with Crippen LogP contribution >= 0.6 is 0 Å². The maximum absolute atomic E-state index is 3.07. The van der Waals surface area contributed by atoms with Crippen molar-refractivity contribution in [2.45, 2.75) is 6.92 Å². The molecule has 0 heterocycles. The SMILES string of the molecule is C/C=C\C(=C/N(C)C)NC. The molecule has 0 atom stereocenters. The molecule has 0 spiro atoms. The summed E-state index contributed by atoms with van der Waals surface area (Å²) in [6.07, 6.45) is 6.06. The van der Waals surface area contributed by atoms with E-state index in [0.29, 0.717) is 0 Å². The van der Waals surface area contributed by atoms with Crippen LogP contribution in [0.25, 0.3) is 0 Å². The Morgan fingerprint density at radius 2 is 2.00 bits per heavy atom. The number of nitrogens with one attached hydrogen (secondary N) is 1. The Morgan fingerprint density at radius 1 is 1.40 bits per heavy atom. The summed E-state index contributed by atoms with van der Waals surface area (Å²) >= 11 is 0. The molecular formula is C8H16N2. The minimum absolute atomic E-state index is 1.12. The molecule has 2 heteroatoms. The fourth-order valence-electron chi connectivity index (χ4n) is 0.649. The Balaban J connectivity index is 4.04. The fraction of sp³-hybridized carbons (Fsp3) is 0.500.